The molecule has 0 aliphatic rings. The maximum absolute atomic E-state index is 12.5. The van der Waals surface area contributed by atoms with Crippen molar-refractivity contribution in [2.45, 2.75) is 32.1 Å². The van der Waals surface area contributed by atoms with Crippen LogP contribution in [0.5, 0.6) is 0 Å². The summed E-state index contributed by atoms with van der Waals surface area (Å²) in [6.45, 7) is 1.52. The van der Waals surface area contributed by atoms with Crippen LogP contribution < -0.4 is 0 Å². The van der Waals surface area contributed by atoms with E-state index in [0.717, 1.165) is 0 Å². The lowest BCUT2D eigenvalue weighted by atomic mass is 10.1. The molecule has 0 aliphatic carbocycles. The van der Waals surface area contributed by atoms with Crippen LogP contribution in [0.15, 0.2) is 0 Å². The Balaban J connectivity index is 3.51. The van der Waals surface area contributed by atoms with Crippen molar-refractivity contribution in [3.05, 3.63) is 0 Å². The number of halogens is 2. The van der Waals surface area contributed by atoms with Gasteiger partial charge in [0.2, 0.25) is 0 Å². The minimum absolute atomic E-state index is 0.0899. The van der Waals surface area contributed by atoms with Crippen LogP contribution >= 0.6 is 0 Å². The van der Waals surface area contributed by atoms with Gasteiger partial charge in [-0.15, -0.1) is 0 Å². The lowest BCUT2D eigenvalue weighted by molar-refractivity contribution is 0.159. The van der Waals surface area contributed by atoms with Gasteiger partial charge in [-0.1, -0.05) is 18.0 Å². The van der Waals surface area contributed by atoms with Gasteiger partial charge in [-0.3, -0.25) is 4.21 Å². The molecule has 0 aromatic carbocycles. The summed E-state index contributed by atoms with van der Waals surface area (Å²) >= 11 is -2.26. The van der Waals surface area contributed by atoms with Crippen molar-refractivity contribution in [3.63, 3.8) is 0 Å². The molecule has 68 valence electrons. The van der Waals surface area contributed by atoms with Crippen LogP contribution in [0.3, 0.4) is 0 Å². The van der Waals surface area contributed by atoms with Gasteiger partial charge in [-0.2, -0.15) is 0 Å². The minimum Gasteiger partial charge on any atom is -0.772 e. The zero-order chi connectivity index (χ0) is 8.85. The average Bonchev–Trinajstić information content (AvgIpc) is 1.98. The van der Waals surface area contributed by atoms with E-state index in [4.69, 9.17) is 0 Å². The molecule has 5 heteroatoms. The monoisotopic (exact) mass is 185 g/mol. The van der Waals surface area contributed by atoms with Gasteiger partial charge in [-0.25, -0.2) is 8.78 Å². The summed E-state index contributed by atoms with van der Waals surface area (Å²) in [6, 6.07) is 0. The summed E-state index contributed by atoms with van der Waals surface area (Å²) in [5.41, 5.74) is 0. The van der Waals surface area contributed by atoms with Crippen molar-refractivity contribution in [2.24, 2.45) is 0 Å². The number of hydrogen-bond donors (Lipinski definition) is 0. The van der Waals surface area contributed by atoms with Crippen molar-refractivity contribution < 1.29 is 17.5 Å². The lowest BCUT2D eigenvalue weighted by Crippen LogP contribution is -2.18. The second-order valence-electron chi connectivity index (χ2n) is 2.24. The van der Waals surface area contributed by atoms with E-state index in [1.54, 1.807) is 0 Å². The zero-order valence-corrected chi connectivity index (χ0v) is 7.07. The Morgan fingerprint density at radius 1 is 1.45 bits per heavy atom. The van der Waals surface area contributed by atoms with E-state index in [1.165, 1.54) is 6.92 Å². The van der Waals surface area contributed by atoms with Gasteiger partial charge in [0.25, 0.3) is 0 Å². The van der Waals surface area contributed by atoms with Crippen LogP contribution in [-0.4, -0.2) is 26.9 Å². The van der Waals surface area contributed by atoms with Crippen LogP contribution in [0.2, 0.25) is 0 Å². The van der Waals surface area contributed by atoms with Crippen LogP contribution in [0, 0.1) is 0 Å². The largest absolute Gasteiger partial charge is 0.772 e. The third kappa shape index (κ3) is 5.26. The first-order valence-corrected chi connectivity index (χ1v) is 4.66. The second kappa shape index (κ2) is 5.60. The van der Waals surface area contributed by atoms with Crippen molar-refractivity contribution in [3.8, 4) is 0 Å². The zero-order valence-electron chi connectivity index (χ0n) is 6.26. The first kappa shape index (κ1) is 11.0. The van der Waals surface area contributed by atoms with Gasteiger partial charge in [0, 0.05) is 5.75 Å². The van der Waals surface area contributed by atoms with Crippen molar-refractivity contribution in [1.29, 1.82) is 0 Å². The second-order valence-corrected chi connectivity index (χ2v) is 3.25. The Morgan fingerprint density at radius 3 is 2.36 bits per heavy atom. The molecule has 0 saturated heterocycles. The Kier molecular flexibility index (Phi) is 5.58. The highest BCUT2D eigenvalue weighted by molar-refractivity contribution is 7.79. The molecule has 0 aromatic heterocycles. The van der Waals surface area contributed by atoms with E-state index in [-0.39, 0.29) is 18.6 Å². The topological polar surface area (TPSA) is 40.1 Å². The predicted octanol–water partition coefficient (Wildman–Crippen LogP) is 1.34. The molecule has 0 rings (SSSR count). The first-order valence-electron chi connectivity index (χ1n) is 3.42. The predicted molar refractivity (Wildman–Crippen MR) is 38.5 cm³/mol. The Hall–Kier alpha value is -0.0300. The van der Waals surface area contributed by atoms with Gasteiger partial charge in [0.1, 0.15) is 12.3 Å². The molecule has 0 heterocycles. The fourth-order valence-corrected chi connectivity index (χ4v) is 1.06. The van der Waals surface area contributed by atoms with Gasteiger partial charge in [0.15, 0.2) is 0 Å². The van der Waals surface area contributed by atoms with Crippen LogP contribution in [0.25, 0.3) is 0 Å². The third-order valence-corrected chi connectivity index (χ3v) is 1.91. The van der Waals surface area contributed by atoms with E-state index in [1.807, 2.05) is 0 Å². The SMILES string of the molecule is CCC(F)C(F)CCS(=O)[O-]. The molecule has 0 saturated carbocycles. The summed E-state index contributed by atoms with van der Waals surface area (Å²) in [5.74, 6) is -0.304. The Morgan fingerprint density at radius 2 is 2.00 bits per heavy atom. The van der Waals surface area contributed by atoms with Crippen LogP contribution in [-0.2, 0) is 11.1 Å². The molecular weight excluding hydrogens is 174 g/mol. The van der Waals surface area contributed by atoms with E-state index in [2.05, 4.69) is 0 Å². The molecule has 3 unspecified atom stereocenters. The lowest BCUT2D eigenvalue weighted by Gasteiger charge is -2.11. The van der Waals surface area contributed by atoms with E-state index in [0.29, 0.717) is 0 Å². The molecule has 3 atom stereocenters. The third-order valence-electron chi connectivity index (χ3n) is 1.34. The summed E-state index contributed by atoms with van der Waals surface area (Å²) in [5, 5.41) is 0. The molecule has 2 nitrogen and oxygen atoms in total. The van der Waals surface area contributed by atoms with Crippen LogP contribution in [0.1, 0.15) is 19.8 Å². The standard InChI is InChI=1S/C6H12F2O2S/c1-2-5(7)6(8)3-4-11(9)10/h5-6H,2-4H2,1H3,(H,9,10)/p-1. The van der Waals surface area contributed by atoms with Crippen molar-refractivity contribution in [2.75, 3.05) is 5.75 Å². The van der Waals surface area contributed by atoms with Gasteiger partial charge < -0.3 is 4.55 Å². The Labute approximate surface area is 67.3 Å². The maximum Gasteiger partial charge on any atom is 0.132 e. The average molecular weight is 185 g/mol. The molecule has 0 radical (unpaired) electrons. The molecule has 0 bridgehead atoms. The van der Waals surface area contributed by atoms with Gasteiger partial charge >= 0.3 is 0 Å². The number of rotatable bonds is 5. The van der Waals surface area contributed by atoms with Crippen LogP contribution in [0.4, 0.5) is 8.78 Å². The fourth-order valence-electron chi connectivity index (χ4n) is 0.645. The number of alkyl halides is 2. The van der Waals surface area contributed by atoms with Crippen molar-refractivity contribution >= 4 is 11.1 Å². The summed E-state index contributed by atoms with van der Waals surface area (Å²) in [4.78, 5) is 0. The highest BCUT2D eigenvalue weighted by Crippen LogP contribution is 2.11. The molecule has 0 fully saturated rings. The smallest absolute Gasteiger partial charge is 0.132 e. The quantitative estimate of drug-likeness (QED) is 0.606. The van der Waals surface area contributed by atoms with Gasteiger partial charge in [0.05, 0.1) is 0 Å². The maximum atomic E-state index is 12.5. The van der Waals surface area contributed by atoms with E-state index >= 15 is 0 Å². The van der Waals surface area contributed by atoms with Crippen molar-refractivity contribution in [1.82, 2.24) is 0 Å². The highest BCUT2D eigenvalue weighted by atomic mass is 32.2. The molecule has 0 aliphatic heterocycles. The minimum atomic E-state index is -2.26. The fraction of sp³-hybridized carbons (Fsp3) is 1.00. The number of hydrogen-bond acceptors (Lipinski definition) is 2. The highest BCUT2D eigenvalue weighted by Gasteiger charge is 2.17. The van der Waals surface area contributed by atoms with E-state index in [9.17, 15) is 17.5 Å². The van der Waals surface area contributed by atoms with E-state index < -0.39 is 23.4 Å². The van der Waals surface area contributed by atoms with Gasteiger partial charge in [-0.05, 0) is 12.8 Å². The summed E-state index contributed by atoms with van der Waals surface area (Å²) < 4.78 is 44.8. The molecule has 0 aromatic rings. The molecule has 0 amide bonds. The summed E-state index contributed by atoms with van der Waals surface area (Å²) in [7, 11) is 0. The molecule has 0 N–H and O–H groups in total. The first-order chi connectivity index (χ1) is 5.07. The molecule has 0 spiro atoms. The molecule has 11 heavy (non-hydrogen) atoms. The molecular formula is C6H11F2O2S-. The summed E-state index contributed by atoms with van der Waals surface area (Å²) in [6.07, 6.45) is -3.32. The Bertz CT molecular complexity index is 132. The normalized spacial score (nSPS) is 19.3.